The summed E-state index contributed by atoms with van der Waals surface area (Å²) >= 11 is 11.2. The maximum Gasteiger partial charge on any atom is 0.422 e. The number of primary amides is 1. The smallest absolute Gasteiger partial charge is 0.422 e. The minimum Gasteiger partial charge on any atom is -0.481 e. The molecule has 0 saturated carbocycles. The standard InChI is InChI=1S/C9H6Cl2F3NO2/c10-5-1-4(8(15)16)2-6(11)7(5)17-3-9(12,13)14/h1-2H,3H2,(H2,15,16). The van der Waals surface area contributed by atoms with E-state index in [-0.39, 0.29) is 21.4 Å². The van der Waals surface area contributed by atoms with E-state index in [1.54, 1.807) is 0 Å². The zero-order valence-corrected chi connectivity index (χ0v) is 9.66. The summed E-state index contributed by atoms with van der Waals surface area (Å²) in [6.07, 6.45) is -4.50. The van der Waals surface area contributed by atoms with E-state index >= 15 is 0 Å². The summed E-state index contributed by atoms with van der Waals surface area (Å²) in [5.41, 5.74) is 4.95. The van der Waals surface area contributed by atoms with Gasteiger partial charge >= 0.3 is 6.18 Å². The molecule has 0 heterocycles. The van der Waals surface area contributed by atoms with Crippen molar-refractivity contribution in [1.29, 1.82) is 0 Å². The van der Waals surface area contributed by atoms with Gasteiger partial charge in [-0.3, -0.25) is 4.79 Å². The summed E-state index contributed by atoms with van der Waals surface area (Å²) in [4.78, 5) is 10.8. The zero-order chi connectivity index (χ0) is 13.2. The van der Waals surface area contributed by atoms with Crippen LogP contribution in [0.15, 0.2) is 12.1 Å². The lowest BCUT2D eigenvalue weighted by atomic mass is 10.2. The largest absolute Gasteiger partial charge is 0.481 e. The average molecular weight is 288 g/mol. The second-order valence-corrected chi connectivity index (χ2v) is 3.85. The molecule has 0 aliphatic rings. The molecule has 3 nitrogen and oxygen atoms in total. The highest BCUT2D eigenvalue weighted by molar-refractivity contribution is 6.37. The molecule has 94 valence electrons. The molecule has 1 rings (SSSR count). The van der Waals surface area contributed by atoms with Crippen LogP contribution < -0.4 is 10.5 Å². The molecule has 0 atom stereocenters. The van der Waals surface area contributed by atoms with Crippen molar-refractivity contribution in [2.24, 2.45) is 5.73 Å². The van der Waals surface area contributed by atoms with Gasteiger partial charge in [-0.2, -0.15) is 13.2 Å². The van der Waals surface area contributed by atoms with Gasteiger partial charge in [0.25, 0.3) is 0 Å². The minimum atomic E-state index is -4.50. The van der Waals surface area contributed by atoms with Gasteiger partial charge < -0.3 is 10.5 Å². The van der Waals surface area contributed by atoms with E-state index in [1.165, 1.54) is 0 Å². The van der Waals surface area contributed by atoms with Crippen LogP contribution in [0.4, 0.5) is 13.2 Å². The number of hydrogen-bond donors (Lipinski definition) is 1. The predicted octanol–water partition coefficient (Wildman–Crippen LogP) is 3.03. The van der Waals surface area contributed by atoms with E-state index in [1.807, 2.05) is 0 Å². The number of carbonyl (C=O) groups excluding carboxylic acids is 1. The van der Waals surface area contributed by atoms with E-state index in [4.69, 9.17) is 28.9 Å². The van der Waals surface area contributed by atoms with Crippen molar-refractivity contribution in [3.05, 3.63) is 27.7 Å². The molecular weight excluding hydrogens is 282 g/mol. The van der Waals surface area contributed by atoms with Crippen LogP contribution in [0.5, 0.6) is 5.75 Å². The molecule has 0 saturated heterocycles. The molecule has 1 aromatic rings. The Bertz CT molecular complexity index is 425. The fourth-order valence-corrected chi connectivity index (χ4v) is 1.59. The van der Waals surface area contributed by atoms with Crippen LogP contribution in [0.2, 0.25) is 10.0 Å². The van der Waals surface area contributed by atoms with Crippen LogP contribution in [-0.2, 0) is 0 Å². The number of ether oxygens (including phenoxy) is 1. The Labute approximate surface area is 104 Å². The first-order chi connectivity index (χ1) is 7.70. The van der Waals surface area contributed by atoms with Crippen LogP contribution in [0.25, 0.3) is 0 Å². The second kappa shape index (κ2) is 5.01. The third kappa shape index (κ3) is 3.98. The molecule has 8 heteroatoms. The number of nitrogens with two attached hydrogens (primary N) is 1. The summed E-state index contributed by atoms with van der Waals surface area (Å²) in [7, 11) is 0. The summed E-state index contributed by atoms with van der Waals surface area (Å²) in [5.74, 6) is -1.13. The van der Waals surface area contributed by atoms with Crippen molar-refractivity contribution >= 4 is 29.1 Å². The van der Waals surface area contributed by atoms with Crippen LogP contribution in [0, 0.1) is 0 Å². The van der Waals surface area contributed by atoms with Crippen molar-refractivity contribution in [3.63, 3.8) is 0 Å². The monoisotopic (exact) mass is 287 g/mol. The van der Waals surface area contributed by atoms with Crippen LogP contribution >= 0.6 is 23.2 Å². The first-order valence-electron chi connectivity index (χ1n) is 4.19. The SMILES string of the molecule is NC(=O)c1cc(Cl)c(OCC(F)(F)F)c(Cl)c1. The summed E-state index contributed by atoms with van der Waals surface area (Å²) < 4.78 is 40.2. The third-order valence-electron chi connectivity index (χ3n) is 1.66. The van der Waals surface area contributed by atoms with E-state index < -0.39 is 18.7 Å². The van der Waals surface area contributed by atoms with Gasteiger partial charge in [-0.1, -0.05) is 23.2 Å². The van der Waals surface area contributed by atoms with Crippen molar-refractivity contribution in [2.45, 2.75) is 6.18 Å². The Kier molecular flexibility index (Phi) is 4.11. The maximum atomic E-state index is 11.9. The highest BCUT2D eigenvalue weighted by Gasteiger charge is 2.29. The average Bonchev–Trinajstić information content (AvgIpc) is 2.14. The molecule has 0 aromatic heterocycles. The van der Waals surface area contributed by atoms with Gasteiger partial charge in [0.15, 0.2) is 12.4 Å². The molecule has 0 bridgehead atoms. The fourth-order valence-electron chi connectivity index (χ4n) is 0.994. The number of alkyl halides is 3. The summed E-state index contributed by atoms with van der Waals surface area (Å²) in [6, 6.07) is 2.17. The van der Waals surface area contributed by atoms with Crippen LogP contribution in [0.1, 0.15) is 10.4 Å². The lowest BCUT2D eigenvalue weighted by Crippen LogP contribution is -2.19. The number of carbonyl (C=O) groups is 1. The molecule has 0 aliphatic carbocycles. The molecule has 0 spiro atoms. The van der Waals surface area contributed by atoms with Crippen molar-refractivity contribution in [3.8, 4) is 5.75 Å². The Morgan fingerprint density at radius 3 is 2.12 bits per heavy atom. The summed E-state index contributed by atoms with van der Waals surface area (Å²) in [5, 5.41) is -0.425. The number of rotatable bonds is 3. The quantitative estimate of drug-likeness (QED) is 0.929. The molecule has 0 unspecified atom stereocenters. The van der Waals surface area contributed by atoms with Gasteiger partial charge in [-0.25, -0.2) is 0 Å². The van der Waals surface area contributed by atoms with E-state index in [9.17, 15) is 18.0 Å². The maximum absolute atomic E-state index is 11.9. The van der Waals surface area contributed by atoms with Crippen LogP contribution in [0.3, 0.4) is 0 Å². The van der Waals surface area contributed by atoms with Crippen molar-refractivity contribution < 1.29 is 22.7 Å². The molecule has 0 radical (unpaired) electrons. The van der Waals surface area contributed by atoms with Crippen molar-refractivity contribution in [2.75, 3.05) is 6.61 Å². The molecule has 0 aliphatic heterocycles. The molecule has 2 N–H and O–H groups in total. The topological polar surface area (TPSA) is 52.3 Å². The molecule has 1 amide bonds. The molecule has 17 heavy (non-hydrogen) atoms. The Balaban J connectivity index is 2.98. The van der Waals surface area contributed by atoms with Gasteiger partial charge in [0.2, 0.25) is 5.91 Å². The fraction of sp³-hybridized carbons (Fsp3) is 0.222. The van der Waals surface area contributed by atoms with Gasteiger partial charge in [0, 0.05) is 5.56 Å². The number of amides is 1. The zero-order valence-electron chi connectivity index (χ0n) is 8.15. The van der Waals surface area contributed by atoms with E-state index in [0.29, 0.717) is 0 Å². The van der Waals surface area contributed by atoms with E-state index in [2.05, 4.69) is 4.74 Å². The van der Waals surface area contributed by atoms with E-state index in [0.717, 1.165) is 12.1 Å². The predicted molar refractivity (Wildman–Crippen MR) is 56.5 cm³/mol. The van der Waals surface area contributed by atoms with Gasteiger partial charge in [0.1, 0.15) is 0 Å². The second-order valence-electron chi connectivity index (χ2n) is 3.04. The Hall–Kier alpha value is -1.14. The highest BCUT2D eigenvalue weighted by atomic mass is 35.5. The lowest BCUT2D eigenvalue weighted by Gasteiger charge is -2.12. The number of halogens is 5. The van der Waals surface area contributed by atoms with Gasteiger partial charge in [-0.15, -0.1) is 0 Å². The Morgan fingerprint density at radius 2 is 1.76 bits per heavy atom. The minimum absolute atomic E-state index is 0.0145. The molecule has 0 fully saturated rings. The molecule has 1 aromatic carbocycles. The Morgan fingerprint density at radius 1 is 1.29 bits per heavy atom. The highest BCUT2D eigenvalue weighted by Crippen LogP contribution is 2.35. The number of benzene rings is 1. The van der Waals surface area contributed by atoms with Gasteiger partial charge in [-0.05, 0) is 12.1 Å². The first kappa shape index (κ1) is 13.9. The van der Waals surface area contributed by atoms with Crippen molar-refractivity contribution in [1.82, 2.24) is 0 Å². The third-order valence-corrected chi connectivity index (χ3v) is 2.22. The van der Waals surface area contributed by atoms with Gasteiger partial charge in [0.05, 0.1) is 10.0 Å². The first-order valence-corrected chi connectivity index (χ1v) is 4.94. The normalized spacial score (nSPS) is 11.4. The molecular formula is C9H6Cl2F3NO2. The summed E-state index contributed by atoms with van der Waals surface area (Å²) in [6.45, 7) is -1.53. The lowest BCUT2D eigenvalue weighted by molar-refractivity contribution is -0.153. The number of hydrogen-bond acceptors (Lipinski definition) is 2. The van der Waals surface area contributed by atoms with Crippen LogP contribution in [-0.4, -0.2) is 18.7 Å².